The first kappa shape index (κ1) is 88.5. The highest BCUT2D eigenvalue weighted by molar-refractivity contribution is 14.0. The summed E-state index contributed by atoms with van der Waals surface area (Å²) in [6.07, 6.45) is 1.57. The molecule has 13 rings (SSSR count). The highest BCUT2D eigenvalue weighted by atomic mass is 127. The van der Waals surface area contributed by atoms with E-state index < -0.39 is 17.9 Å². The molecule has 0 bridgehead atoms. The zero-order valence-electron chi connectivity index (χ0n) is 67.8. The van der Waals surface area contributed by atoms with Crippen molar-refractivity contribution in [3.8, 4) is 80.3 Å². The van der Waals surface area contributed by atoms with Gasteiger partial charge in [0.25, 0.3) is 0 Å². The number of rotatable bonds is 13. The summed E-state index contributed by atoms with van der Waals surface area (Å²) in [7, 11) is 10.3. The number of aromatic hydroxyl groups is 2. The molecule has 0 aliphatic rings. The van der Waals surface area contributed by atoms with Gasteiger partial charge in [0, 0.05) is 17.8 Å². The highest BCUT2D eigenvalue weighted by Gasteiger charge is 2.26. The fourth-order valence-electron chi connectivity index (χ4n) is 11.4. The molecule has 9 aromatic carbocycles. The number of nitrogens with zero attached hydrogens (tertiary/aromatic N) is 5. The largest absolute Gasteiger partial charge is 0.506 e. The molecule has 4 N–H and O–H groups in total. The second-order valence-electron chi connectivity index (χ2n) is 31.0. The van der Waals surface area contributed by atoms with Crippen molar-refractivity contribution in [1.82, 2.24) is 19.9 Å². The van der Waals surface area contributed by atoms with Crippen LogP contribution < -0.4 is 24.7 Å². The lowest BCUT2D eigenvalue weighted by atomic mass is 9.87. The minimum atomic E-state index is -0.580. The number of aliphatic imine (C=N–C) groups is 1. The van der Waals surface area contributed by atoms with Gasteiger partial charge < -0.3 is 66.8 Å². The predicted molar refractivity (Wildman–Crippen MR) is 457 cm³/mol. The minimum absolute atomic E-state index is 0. The number of fused-ring (bicyclic) bond motifs is 4. The van der Waals surface area contributed by atoms with Crippen LogP contribution in [0.5, 0.6) is 34.5 Å². The lowest BCUT2D eigenvalue weighted by Crippen LogP contribution is -2.10. The Bertz CT molecular complexity index is 5600. The van der Waals surface area contributed by atoms with Gasteiger partial charge in [-0.3, -0.25) is 4.99 Å². The maximum atomic E-state index is 12.2. The molecule has 0 unspecified atom stereocenters. The summed E-state index contributed by atoms with van der Waals surface area (Å²) in [5.41, 5.74) is 22.6. The molecule has 596 valence electrons. The lowest BCUT2D eigenvalue weighted by molar-refractivity contribution is 0.0592. The molecule has 0 atom stereocenters. The molecule has 0 fully saturated rings. The number of oxazole rings is 4. The zero-order chi connectivity index (χ0) is 81.4. The number of phenols is 2. The number of aryl methyl sites for hydroxylation is 3. The molecular formula is C90H103IN6O16. The van der Waals surface area contributed by atoms with Crippen molar-refractivity contribution >= 4 is 104 Å². The van der Waals surface area contributed by atoms with E-state index in [1.54, 1.807) is 65.0 Å². The van der Waals surface area contributed by atoms with Crippen LogP contribution in [0.4, 0.5) is 11.4 Å². The van der Waals surface area contributed by atoms with Gasteiger partial charge >= 0.3 is 17.9 Å². The Hall–Kier alpha value is -11.7. The van der Waals surface area contributed by atoms with E-state index in [9.17, 15) is 19.5 Å². The quantitative estimate of drug-likeness (QED) is 0.0241. The Labute approximate surface area is 677 Å². The molecule has 22 nitrogen and oxygen atoms in total. The number of hydrogen-bond acceptors (Lipinski definition) is 22. The van der Waals surface area contributed by atoms with E-state index >= 15 is 0 Å². The van der Waals surface area contributed by atoms with Crippen molar-refractivity contribution in [2.75, 3.05) is 55.5 Å². The molecule has 0 spiro atoms. The second kappa shape index (κ2) is 36.6. The zero-order valence-corrected chi connectivity index (χ0v) is 70.1. The van der Waals surface area contributed by atoms with Crippen LogP contribution in [0.1, 0.15) is 167 Å². The molecule has 23 heteroatoms. The standard InChI is InChI=1S/C28H26N2O5.C28H28N2O5.C20H23NO3.C8H9NO3.C5H12.CH4.HI/c1-15-12-19(26-29-20-13-16(28(2,3)4)10-11-21(20)34-26)23(32-5)14-18(15)25-30-24-17(27(31)33-6)8-7-9-22(24)35-25;1-16-12-20(26-30-21-14-18(28(2,3)4)10-11-23(21)35-26)24(33-5)13-17(16)15-29-25-19(27(32)34-6)8-7-9-22(25)31;1-12-9-14(18(23-6)11-17(12)22-5)19-21-15-10-13(20(2,3)4)7-8-16(15)24-19;1-12-8(11)5-3-2-4-6(10)7(5)9;1-5(2,3)4;;/h7-14H,1-6H3;7-15,31H,1-6H3;7-11H,1-6H3;2-4,10H,9H2,1H3;1-4H3;1H4;1H. The number of phenolic OH excluding ortho intramolecular Hbond substituents is 2. The molecule has 4 aromatic heterocycles. The monoisotopic (exact) mass is 1650 g/mol. The van der Waals surface area contributed by atoms with E-state index in [0.29, 0.717) is 79.6 Å². The maximum Gasteiger partial charge on any atom is 0.340 e. The molecule has 0 aliphatic heterocycles. The second-order valence-corrected chi connectivity index (χ2v) is 31.0. The number of halogens is 1. The van der Waals surface area contributed by atoms with Crippen LogP contribution in [-0.4, -0.2) is 104 Å². The summed E-state index contributed by atoms with van der Waals surface area (Å²) in [6, 6.07) is 43.8. The lowest BCUT2D eigenvalue weighted by Gasteiger charge is -2.18. The van der Waals surface area contributed by atoms with Gasteiger partial charge in [0.1, 0.15) is 62.3 Å². The molecule has 0 aliphatic carbocycles. The topological polar surface area (TPSA) is 299 Å². The Morgan fingerprint density at radius 2 is 0.770 bits per heavy atom. The van der Waals surface area contributed by atoms with Crippen LogP contribution in [-0.2, 0) is 30.5 Å². The van der Waals surface area contributed by atoms with Crippen LogP contribution >= 0.6 is 24.0 Å². The third-order valence-corrected chi connectivity index (χ3v) is 17.6. The summed E-state index contributed by atoms with van der Waals surface area (Å²) >= 11 is 0. The van der Waals surface area contributed by atoms with Crippen molar-refractivity contribution in [2.45, 2.75) is 134 Å². The highest BCUT2D eigenvalue weighted by Crippen LogP contribution is 2.42. The third-order valence-electron chi connectivity index (χ3n) is 17.6. The Kier molecular flexibility index (Phi) is 28.7. The van der Waals surface area contributed by atoms with Crippen LogP contribution in [0, 0.1) is 26.2 Å². The normalized spacial score (nSPS) is 11.4. The van der Waals surface area contributed by atoms with Gasteiger partial charge in [0.2, 0.25) is 23.6 Å². The number of carbonyl (C=O) groups excluding carboxylic acids is 3. The SMILES string of the molecule is C.CC(C)(C)C.COC(=O)c1cccc(O)c1N.COC(=O)c1cccc(O)c1N=Cc1cc(OC)c(-c2nc3cc(C(C)(C)C)ccc3o2)cc1C.COC(=O)c1cccc2oc(-c3cc(OC)c(-c4nc5cc(C(C)(C)C)ccc5o4)cc3C)nc12.COc1cc(OC)c(-c2nc3cc(C(C)(C)C)ccc3o2)cc1C.I. The van der Waals surface area contributed by atoms with E-state index in [-0.39, 0.29) is 81.6 Å². The molecular weight excluding hydrogens is 1550 g/mol. The fourth-order valence-corrected chi connectivity index (χ4v) is 11.4. The number of benzene rings is 9. The van der Waals surface area contributed by atoms with Crippen molar-refractivity contribution in [1.29, 1.82) is 0 Å². The molecule has 0 saturated carbocycles. The van der Waals surface area contributed by atoms with E-state index in [2.05, 4.69) is 140 Å². The van der Waals surface area contributed by atoms with Crippen LogP contribution in [0.3, 0.4) is 0 Å². The van der Waals surface area contributed by atoms with Gasteiger partial charge in [-0.15, -0.1) is 24.0 Å². The summed E-state index contributed by atoms with van der Waals surface area (Å²) < 4.78 is 60.4. The van der Waals surface area contributed by atoms with E-state index in [1.807, 2.05) is 81.4 Å². The Morgan fingerprint density at radius 1 is 0.407 bits per heavy atom. The van der Waals surface area contributed by atoms with Crippen molar-refractivity contribution in [3.63, 3.8) is 0 Å². The Morgan fingerprint density at radius 3 is 1.21 bits per heavy atom. The number of esters is 3. The van der Waals surface area contributed by atoms with Crippen molar-refractivity contribution in [3.05, 3.63) is 201 Å². The number of nitrogens with two attached hydrogens (primary N) is 1. The maximum absolute atomic E-state index is 12.2. The molecule has 0 radical (unpaired) electrons. The van der Waals surface area contributed by atoms with Crippen molar-refractivity contribution in [2.24, 2.45) is 10.4 Å². The summed E-state index contributed by atoms with van der Waals surface area (Å²) in [5, 5.41) is 19.4. The average molecular weight is 1650 g/mol. The fraction of sp³-hybridized carbons (Fsp3) is 0.311. The predicted octanol–water partition coefficient (Wildman–Crippen LogP) is 22.2. The summed E-state index contributed by atoms with van der Waals surface area (Å²) in [4.78, 5) is 58.3. The molecule has 4 heterocycles. The molecule has 113 heavy (non-hydrogen) atoms. The number of ether oxygens (including phenoxy) is 7. The first-order valence-corrected chi connectivity index (χ1v) is 35.7. The van der Waals surface area contributed by atoms with Crippen LogP contribution in [0.25, 0.3) is 90.2 Å². The summed E-state index contributed by atoms with van der Waals surface area (Å²) in [5.74, 6) is 2.63. The van der Waals surface area contributed by atoms with Gasteiger partial charge in [0.15, 0.2) is 22.3 Å². The first-order chi connectivity index (χ1) is 52.3. The minimum Gasteiger partial charge on any atom is -0.506 e. The smallest absolute Gasteiger partial charge is 0.340 e. The van der Waals surface area contributed by atoms with E-state index in [4.69, 9.17) is 66.9 Å². The molecule has 0 saturated heterocycles. The van der Waals surface area contributed by atoms with Crippen LogP contribution in [0.15, 0.2) is 168 Å². The average Bonchev–Trinajstić information content (AvgIpc) is 1.64. The van der Waals surface area contributed by atoms with Gasteiger partial charge in [-0.05, 0) is 185 Å². The number of aromatic nitrogens is 4. The number of hydrogen-bond donors (Lipinski definition) is 3. The molecule has 13 aromatic rings. The number of methoxy groups -OCH3 is 7. The third kappa shape index (κ3) is 21.1. The van der Waals surface area contributed by atoms with Crippen molar-refractivity contribution < 1.29 is 75.4 Å². The van der Waals surface area contributed by atoms with Gasteiger partial charge in [-0.25, -0.2) is 34.3 Å². The van der Waals surface area contributed by atoms with Gasteiger partial charge in [-0.2, -0.15) is 0 Å². The van der Waals surface area contributed by atoms with Gasteiger partial charge in [0.05, 0.1) is 88.8 Å². The van der Waals surface area contributed by atoms with Gasteiger partial charge in [-0.1, -0.05) is 134 Å². The number of anilines is 1. The number of nitrogen functional groups attached to an aromatic ring is 1. The van der Waals surface area contributed by atoms with Crippen LogP contribution in [0.2, 0.25) is 0 Å². The first-order valence-electron chi connectivity index (χ1n) is 35.7. The number of para-hydroxylation sites is 3. The van der Waals surface area contributed by atoms with E-state index in [0.717, 1.165) is 66.8 Å². The Balaban J connectivity index is 0.000000213. The summed E-state index contributed by atoms with van der Waals surface area (Å²) in [6.45, 7) is 34.2. The van der Waals surface area contributed by atoms with E-state index in [1.165, 1.54) is 62.3 Å². The molecule has 0 amide bonds. The number of carbonyl (C=O) groups is 3.